The third kappa shape index (κ3) is 2.47. The van der Waals surface area contributed by atoms with Gasteiger partial charge in [0.1, 0.15) is 5.03 Å². The third-order valence-electron chi connectivity index (χ3n) is 2.83. The van der Waals surface area contributed by atoms with Gasteiger partial charge < -0.3 is 10.1 Å². The largest absolute Gasteiger partial charge is 0.392 e. The van der Waals surface area contributed by atoms with Gasteiger partial charge in [0.2, 0.25) is 0 Å². The van der Waals surface area contributed by atoms with Crippen LogP contribution in [0.25, 0.3) is 11.0 Å². The van der Waals surface area contributed by atoms with Crippen LogP contribution in [0.2, 0.25) is 0 Å². The minimum Gasteiger partial charge on any atom is -0.392 e. The zero-order chi connectivity index (χ0) is 13.2. The first-order valence-electron chi connectivity index (χ1n) is 5.95. The second-order valence-corrected chi connectivity index (χ2v) is 5.26. The molecule has 0 spiro atoms. The highest BCUT2D eigenvalue weighted by molar-refractivity contribution is 7.99. The highest BCUT2D eigenvalue weighted by atomic mass is 32.2. The number of imidazole rings is 1. The molecule has 2 N–H and O–H groups in total. The van der Waals surface area contributed by atoms with E-state index < -0.39 is 0 Å². The zero-order valence-electron chi connectivity index (χ0n) is 10.4. The summed E-state index contributed by atoms with van der Waals surface area (Å²) in [5, 5.41) is 10.8. The van der Waals surface area contributed by atoms with Crippen molar-refractivity contribution in [2.24, 2.45) is 0 Å². The quantitative estimate of drug-likeness (QED) is 0.769. The third-order valence-corrected chi connectivity index (χ3v) is 3.84. The molecule has 96 valence electrons. The fraction of sp³-hybridized carbons (Fsp3) is 0.143. The van der Waals surface area contributed by atoms with Crippen molar-refractivity contribution in [1.82, 2.24) is 15.0 Å². The predicted octanol–water partition coefficient (Wildman–Crippen LogP) is 2.91. The van der Waals surface area contributed by atoms with Crippen LogP contribution in [0.1, 0.15) is 11.1 Å². The lowest BCUT2D eigenvalue weighted by Gasteiger charge is -2.03. The summed E-state index contributed by atoms with van der Waals surface area (Å²) in [7, 11) is 0. The number of aliphatic hydroxyl groups excluding tert-OH is 1. The van der Waals surface area contributed by atoms with Crippen LogP contribution >= 0.6 is 11.8 Å². The van der Waals surface area contributed by atoms with Gasteiger partial charge in [-0.25, -0.2) is 9.97 Å². The molecule has 0 fully saturated rings. The maximum Gasteiger partial charge on any atom is 0.172 e. The summed E-state index contributed by atoms with van der Waals surface area (Å²) in [5.74, 6) is 0. The number of hydrogen-bond acceptors (Lipinski definition) is 4. The standard InChI is InChI=1S/C14H13N3OS/c1-9-6-10(8-18)7-15-13(9)19-14-16-11-4-2-3-5-12(11)17-14/h2-7,18H,8H2,1H3,(H,16,17). The Bertz CT molecular complexity index is 691. The lowest BCUT2D eigenvalue weighted by molar-refractivity contribution is 0.281. The molecule has 0 atom stereocenters. The molecule has 2 aromatic heterocycles. The molecular weight excluding hydrogens is 258 g/mol. The van der Waals surface area contributed by atoms with E-state index >= 15 is 0 Å². The van der Waals surface area contributed by atoms with Crippen LogP contribution in [0.4, 0.5) is 0 Å². The van der Waals surface area contributed by atoms with E-state index in [0.717, 1.165) is 32.3 Å². The zero-order valence-corrected chi connectivity index (χ0v) is 11.2. The van der Waals surface area contributed by atoms with Crippen molar-refractivity contribution in [2.45, 2.75) is 23.7 Å². The molecule has 0 saturated carbocycles. The number of nitrogens with one attached hydrogen (secondary N) is 1. The van der Waals surface area contributed by atoms with E-state index in [4.69, 9.17) is 5.11 Å². The SMILES string of the molecule is Cc1cc(CO)cnc1Sc1nc2ccccc2[nH]1. The number of pyridine rings is 1. The van der Waals surface area contributed by atoms with E-state index in [-0.39, 0.29) is 6.61 Å². The van der Waals surface area contributed by atoms with Crippen LogP contribution in [0.15, 0.2) is 46.7 Å². The number of aromatic amines is 1. The predicted molar refractivity (Wildman–Crippen MR) is 75.1 cm³/mol. The molecule has 0 aliphatic heterocycles. The van der Waals surface area contributed by atoms with E-state index in [1.807, 2.05) is 37.3 Å². The van der Waals surface area contributed by atoms with Gasteiger partial charge >= 0.3 is 0 Å². The molecule has 3 rings (SSSR count). The highest BCUT2D eigenvalue weighted by Gasteiger charge is 2.08. The Labute approximate surface area is 114 Å². The van der Waals surface area contributed by atoms with Crippen LogP contribution in [0.5, 0.6) is 0 Å². The molecule has 0 radical (unpaired) electrons. The summed E-state index contributed by atoms with van der Waals surface area (Å²) >= 11 is 1.50. The van der Waals surface area contributed by atoms with Crippen molar-refractivity contribution in [3.8, 4) is 0 Å². The fourth-order valence-corrected chi connectivity index (χ4v) is 2.70. The first kappa shape index (κ1) is 12.2. The molecule has 5 heteroatoms. The van der Waals surface area contributed by atoms with Crippen molar-refractivity contribution in [3.05, 3.63) is 47.7 Å². The number of H-pyrrole nitrogens is 1. The van der Waals surface area contributed by atoms with Crippen LogP contribution in [-0.2, 0) is 6.61 Å². The van der Waals surface area contributed by atoms with E-state index in [1.165, 1.54) is 11.8 Å². The molecule has 0 aliphatic rings. The summed E-state index contributed by atoms with van der Waals surface area (Å²) < 4.78 is 0. The van der Waals surface area contributed by atoms with Gasteiger partial charge in [-0.05, 0) is 48.0 Å². The average molecular weight is 271 g/mol. The minimum absolute atomic E-state index is 0.0173. The van der Waals surface area contributed by atoms with Crippen molar-refractivity contribution >= 4 is 22.8 Å². The van der Waals surface area contributed by atoms with Crippen LogP contribution in [0.3, 0.4) is 0 Å². The number of aliphatic hydroxyl groups is 1. The molecule has 0 bridgehead atoms. The number of aryl methyl sites for hydroxylation is 1. The molecule has 3 aromatic rings. The molecule has 2 heterocycles. The second-order valence-electron chi connectivity index (χ2n) is 4.28. The first-order valence-corrected chi connectivity index (χ1v) is 6.77. The van der Waals surface area contributed by atoms with E-state index in [2.05, 4.69) is 15.0 Å². The number of rotatable bonds is 3. The number of hydrogen-bond donors (Lipinski definition) is 2. The molecule has 0 saturated heterocycles. The average Bonchev–Trinajstić information content (AvgIpc) is 2.83. The highest BCUT2D eigenvalue weighted by Crippen LogP contribution is 2.28. The number of nitrogens with zero attached hydrogens (tertiary/aromatic N) is 2. The maximum absolute atomic E-state index is 9.07. The monoisotopic (exact) mass is 271 g/mol. The van der Waals surface area contributed by atoms with E-state index in [0.29, 0.717) is 0 Å². The summed E-state index contributed by atoms with van der Waals surface area (Å²) in [4.78, 5) is 12.1. The van der Waals surface area contributed by atoms with Gasteiger partial charge in [-0.1, -0.05) is 12.1 Å². The van der Waals surface area contributed by atoms with E-state index in [1.54, 1.807) is 6.20 Å². The number of benzene rings is 1. The van der Waals surface area contributed by atoms with Crippen LogP contribution in [0, 0.1) is 6.92 Å². The van der Waals surface area contributed by atoms with E-state index in [9.17, 15) is 0 Å². The van der Waals surface area contributed by atoms with Gasteiger partial charge in [0.15, 0.2) is 5.16 Å². The molecule has 0 aliphatic carbocycles. The number of fused-ring (bicyclic) bond motifs is 1. The van der Waals surface area contributed by atoms with Crippen molar-refractivity contribution in [1.29, 1.82) is 0 Å². The van der Waals surface area contributed by atoms with Gasteiger partial charge in [-0.2, -0.15) is 0 Å². The minimum atomic E-state index is 0.0173. The Morgan fingerprint density at radius 1 is 1.32 bits per heavy atom. The molecule has 0 unspecified atom stereocenters. The number of aromatic nitrogens is 3. The lowest BCUT2D eigenvalue weighted by Crippen LogP contribution is -1.91. The van der Waals surface area contributed by atoms with Gasteiger partial charge in [-0.15, -0.1) is 0 Å². The summed E-state index contributed by atoms with van der Waals surface area (Å²) in [6.45, 7) is 2.00. The van der Waals surface area contributed by atoms with Crippen molar-refractivity contribution in [3.63, 3.8) is 0 Å². The first-order chi connectivity index (χ1) is 9.26. The second kappa shape index (κ2) is 5.03. The van der Waals surface area contributed by atoms with Crippen LogP contribution in [-0.4, -0.2) is 20.1 Å². The normalized spacial score (nSPS) is 11.1. The Morgan fingerprint density at radius 3 is 2.89 bits per heavy atom. The van der Waals surface area contributed by atoms with Crippen molar-refractivity contribution in [2.75, 3.05) is 0 Å². The lowest BCUT2D eigenvalue weighted by atomic mass is 10.2. The summed E-state index contributed by atoms with van der Waals surface area (Å²) in [6.07, 6.45) is 1.69. The topological polar surface area (TPSA) is 61.8 Å². The molecule has 4 nitrogen and oxygen atoms in total. The maximum atomic E-state index is 9.07. The molecule has 19 heavy (non-hydrogen) atoms. The summed E-state index contributed by atoms with van der Waals surface area (Å²) in [5.41, 5.74) is 3.84. The van der Waals surface area contributed by atoms with Gasteiger partial charge in [0.05, 0.1) is 17.6 Å². The van der Waals surface area contributed by atoms with Crippen molar-refractivity contribution < 1.29 is 5.11 Å². The summed E-state index contributed by atoms with van der Waals surface area (Å²) in [6, 6.07) is 9.87. The van der Waals surface area contributed by atoms with Gasteiger partial charge in [0, 0.05) is 6.20 Å². The molecule has 1 aromatic carbocycles. The number of para-hydroxylation sites is 2. The smallest absolute Gasteiger partial charge is 0.172 e. The van der Waals surface area contributed by atoms with Gasteiger partial charge in [0.25, 0.3) is 0 Å². The Balaban J connectivity index is 1.92. The van der Waals surface area contributed by atoms with Crippen LogP contribution < -0.4 is 0 Å². The molecular formula is C14H13N3OS. The Kier molecular flexibility index (Phi) is 3.23. The molecule has 0 amide bonds. The van der Waals surface area contributed by atoms with Gasteiger partial charge in [-0.3, -0.25) is 0 Å². The Hall–Kier alpha value is -1.85. The fourth-order valence-electron chi connectivity index (χ4n) is 1.88. The Morgan fingerprint density at radius 2 is 2.16 bits per heavy atom.